The topological polar surface area (TPSA) is 0 Å². The first-order valence-corrected chi connectivity index (χ1v) is 18.8. The fourth-order valence-electron chi connectivity index (χ4n) is 6.39. The second kappa shape index (κ2) is 14.4. The normalized spacial score (nSPS) is 15.0. The van der Waals surface area contributed by atoms with E-state index in [9.17, 15) is 0 Å². The molecular weight excluding hydrogens is 465 g/mol. The van der Waals surface area contributed by atoms with Crippen LogP contribution < -0.4 is 10.4 Å². The minimum Gasteiger partial charge on any atom is -0.140 e. The first kappa shape index (κ1) is 28.2. The molecule has 1 atom stereocenters. The lowest BCUT2D eigenvalue weighted by Crippen LogP contribution is -2.55. The van der Waals surface area contributed by atoms with E-state index in [0.717, 1.165) is 5.92 Å². The molecular formula is C31H52S2Si. The number of hydrogen-bond donors (Lipinski definition) is 0. The van der Waals surface area contributed by atoms with Crippen molar-refractivity contribution in [2.24, 2.45) is 5.92 Å². The average Bonchev–Trinajstić information content (AvgIpc) is 3.46. The molecule has 0 saturated carbocycles. The third-order valence-electron chi connectivity index (χ3n) is 8.22. The Balaban J connectivity index is 1.83. The molecule has 2 aromatic rings. The summed E-state index contributed by atoms with van der Waals surface area (Å²) in [6.07, 6.45) is 21.4. The molecule has 34 heavy (non-hydrogen) atoms. The minimum atomic E-state index is -1.67. The SMILES string of the molecule is CCCCCCCCC[Si]1(CC(CCCC)CCCCCC)c2cc(C)sc2-c2sc(C)cc21. The molecule has 0 nitrogen and oxygen atoms in total. The van der Waals surface area contributed by atoms with Crippen molar-refractivity contribution in [2.75, 3.05) is 0 Å². The van der Waals surface area contributed by atoms with E-state index in [1.54, 1.807) is 19.5 Å². The molecule has 0 aliphatic carbocycles. The molecule has 1 unspecified atom stereocenters. The van der Waals surface area contributed by atoms with Crippen molar-refractivity contribution in [3.8, 4) is 9.75 Å². The molecule has 0 fully saturated rings. The second-order valence-electron chi connectivity index (χ2n) is 11.2. The van der Waals surface area contributed by atoms with Gasteiger partial charge in [0.05, 0.1) is 0 Å². The van der Waals surface area contributed by atoms with Crippen LogP contribution in [0.25, 0.3) is 9.75 Å². The minimum absolute atomic E-state index is 0.937. The number of unbranched alkanes of at least 4 members (excludes halogenated alkanes) is 10. The van der Waals surface area contributed by atoms with Crippen LogP contribution >= 0.6 is 22.7 Å². The van der Waals surface area contributed by atoms with Crippen LogP contribution in [-0.4, -0.2) is 8.07 Å². The summed E-state index contributed by atoms with van der Waals surface area (Å²) in [5.74, 6) is 0.937. The van der Waals surface area contributed by atoms with Crippen LogP contribution in [0.15, 0.2) is 12.1 Å². The maximum absolute atomic E-state index is 2.66. The molecule has 1 aliphatic rings. The van der Waals surface area contributed by atoms with E-state index in [2.05, 4.69) is 69.4 Å². The smallest absolute Gasteiger partial charge is 0.122 e. The molecule has 0 amide bonds. The predicted octanol–water partition coefficient (Wildman–Crippen LogP) is 10.5. The Morgan fingerprint density at radius 3 is 1.65 bits per heavy atom. The van der Waals surface area contributed by atoms with Crippen molar-refractivity contribution in [1.29, 1.82) is 0 Å². The molecule has 0 spiro atoms. The van der Waals surface area contributed by atoms with Crippen LogP contribution in [0.2, 0.25) is 12.1 Å². The van der Waals surface area contributed by atoms with E-state index >= 15 is 0 Å². The lowest BCUT2D eigenvalue weighted by Gasteiger charge is -2.33. The second-order valence-corrected chi connectivity index (χ2v) is 17.9. The van der Waals surface area contributed by atoms with Crippen molar-refractivity contribution < 1.29 is 0 Å². The van der Waals surface area contributed by atoms with Gasteiger partial charge < -0.3 is 0 Å². The first-order chi connectivity index (χ1) is 16.6. The lowest BCUT2D eigenvalue weighted by molar-refractivity contribution is 0.440. The highest BCUT2D eigenvalue weighted by molar-refractivity contribution is 7.29. The first-order valence-electron chi connectivity index (χ1n) is 14.8. The zero-order valence-electron chi connectivity index (χ0n) is 23.1. The summed E-state index contributed by atoms with van der Waals surface area (Å²) in [6.45, 7) is 11.8. The monoisotopic (exact) mass is 516 g/mol. The van der Waals surface area contributed by atoms with Gasteiger partial charge in [0, 0.05) is 19.5 Å². The standard InChI is InChI=1S/C31H52S2Si/c1-6-9-12-14-15-16-18-21-34(24-27(19-11-8-3)20-17-13-10-7-2)28-22-25(4)32-30(28)31-29(34)23-26(5)33-31/h22-23,27H,6-21,24H2,1-5H3. The van der Waals surface area contributed by atoms with Crippen LogP contribution in [0.3, 0.4) is 0 Å². The number of rotatable bonds is 18. The van der Waals surface area contributed by atoms with Crippen LogP contribution in [0, 0.1) is 19.8 Å². The molecule has 0 radical (unpaired) electrons. The number of thiophene rings is 2. The van der Waals surface area contributed by atoms with E-state index in [4.69, 9.17) is 0 Å². The average molecular weight is 517 g/mol. The molecule has 0 N–H and O–H groups in total. The van der Waals surface area contributed by atoms with Gasteiger partial charge in [-0.3, -0.25) is 0 Å². The molecule has 0 saturated heterocycles. The molecule has 2 aromatic heterocycles. The van der Waals surface area contributed by atoms with Gasteiger partial charge >= 0.3 is 0 Å². The lowest BCUT2D eigenvalue weighted by atomic mass is 9.97. The van der Waals surface area contributed by atoms with Gasteiger partial charge in [0.15, 0.2) is 0 Å². The highest BCUT2D eigenvalue weighted by Gasteiger charge is 2.48. The number of hydrogen-bond acceptors (Lipinski definition) is 2. The zero-order chi connectivity index (χ0) is 24.4. The quantitative estimate of drug-likeness (QED) is 0.136. The van der Waals surface area contributed by atoms with E-state index in [1.807, 2.05) is 10.4 Å². The van der Waals surface area contributed by atoms with Crippen molar-refractivity contribution in [3.05, 3.63) is 21.9 Å². The van der Waals surface area contributed by atoms with Crippen molar-refractivity contribution in [1.82, 2.24) is 0 Å². The maximum Gasteiger partial charge on any atom is 0.122 e. The predicted molar refractivity (Wildman–Crippen MR) is 162 cm³/mol. The summed E-state index contributed by atoms with van der Waals surface area (Å²) in [5.41, 5.74) is 0. The van der Waals surface area contributed by atoms with Crippen LogP contribution in [0.1, 0.15) is 127 Å². The van der Waals surface area contributed by atoms with Crippen molar-refractivity contribution in [3.63, 3.8) is 0 Å². The van der Waals surface area contributed by atoms with Gasteiger partial charge in [-0.15, -0.1) is 22.7 Å². The number of fused-ring (bicyclic) bond motifs is 3. The Kier molecular flexibility index (Phi) is 11.9. The maximum atomic E-state index is 2.66. The van der Waals surface area contributed by atoms with Gasteiger partial charge in [0.1, 0.15) is 8.07 Å². The molecule has 3 heteroatoms. The Morgan fingerprint density at radius 1 is 0.618 bits per heavy atom. The Morgan fingerprint density at radius 2 is 1.09 bits per heavy atom. The van der Waals surface area contributed by atoms with Gasteiger partial charge in [-0.2, -0.15) is 0 Å². The third-order valence-corrected chi connectivity index (χ3v) is 16.2. The Bertz CT molecular complexity index is 799. The fourth-order valence-corrected chi connectivity index (χ4v) is 16.1. The summed E-state index contributed by atoms with van der Waals surface area (Å²) in [7, 11) is -1.67. The van der Waals surface area contributed by atoms with Gasteiger partial charge in [0.2, 0.25) is 0 Å². The summed E-state index contributed by atoms with van der Waals surface area (Å²) < 4.78 is 0. The molecule has 1 aliphatic heterocycles. The third kappa shape index (κ3) is 7.10. The molecule has 0 aromatic carbocycles. The van der Waals surface area contributed by atoms with E-state index in [0.29, 0.717) is 0 Å². The van der Waals surface area contributed by atoms with E-state index < -0.39 is 8.07 Å². The van der Waals surface area contributed by atoms with E-state index in [-0.39, 0.29) is 0 Å². The summed E-state index contributed by atoms with van der Waals surface area (Å²) in [6, 6.07) is 8.35. The summed E-state index contributed by atoms with van der Waals surface area (Å²) >= 11 is 4.21. The van der Waals surface area contributed by atoms with Gasteiger partial charge in [-0.1, -0.05) is 117 Å². The molecule has 0 bridgehead atoms. The number of aryl methyl sites for hydroxylation is 2. The van der Waals surface area contributed by atoms with Crippen molar-refractivity contribution >= 4 is 41.1 Å². The van der Waals surface area contributed by atoms with Crippen LogP contribution in [-0.2, 0) is 0 Å². The Hall–Kier alpha value is -0.383. The fraction of sp³-hybridized carbons (Fsp3) is 0.742. The van der Waals surface area contributed by atoms with Gasteiger partial charge in [0.25, 0.3) is 0 Å². The molecule has 3 heterocycles. The largest absolute Gasteiger partial charge is 0.140 e. The highest BCUT2D eigenvalue weighted by Crippen LogP contribution is 2.44. The van der Waals surface area contributed by atoms with Crippen molar-refractivity contribution in [2.45, 2.75) is 143 Å². The zero-order valence-corrected chi connectivity index (χ0v) is 25.7. The van der Waals surface area contributed by atoms with Crippen LogP contribution in [0.5, 0.6) is 0 Å². The molecule has 3 rings (SSSR count). The van der Waals surface area contributed by atoms with E-state index in [1.165, 1.54) is 108 Å². The van der Waals surface area contributed by atoms with Crippen LogP contribution in [0.4, 0.5) is 0 Å². The summed E-state index contributed by atoms with van der Waals surface area (Å²) in [4.78, 5) is 6.48. The summed E-state index contributed by atoms with van der Waals surface area (Å²) in [5, 5.41) is 3.72. The highest BCUT2D eigenvalue weighted by atomic mass is 32.1. The van der Waals surface area contributed by atoms with Gasteiger partial charge in [-0.05, 0) is 54.4 Å². The Labute approximate surface area is 221 Å². The van der Waals surface area contributed by atoms with Gasteiger partial charge in [-0.25, -0.2) is 0 Å². The molecule has 192 valence electrons.